The molecule has 2 amide bonds. The number of cyclic esters (lactones) is 1. The van der Waals surface area contributed by atoms with E-state index in [4.69, 9.17) is 4.74 Å². The normalized spacial score (nSPS) is 18.7. The summed E-state index contributed by atoms with van der Waals surface area (Å²) in [5, 5.41) is 2.79. The van der Waals surface area contributed by atoms with Gasteiger partial charge in [0.1, 0.15) is 12.6 Å². The Morgan fingerprint density at radius 3 is 2.67 bits per heavy atom. The average Bonchev–Trinajstić information content (AvgIpc) is 2.65. The number of nitrogens with zero attached hydrogens (tertiary/aromatic N) is 1. The van der Waals surface area contributed by atoms with Crippen LogP contribution in [0.3, 0.4) is 0 Å². The van der Waals surface area contributed by atoms with E-state index in [1.54, 1.807) is 7.05 Å². The molecular weight excluding hydrogens is 232 g/mol. The molecule has 1 fully saturated rings. The zero-order valence-corrected chi connectivity index (χ0v) is 10.7. The van der Waals surface area contributed by atoms with E-state index < -0.39 is 12.1 Å². The Labute approximate surface area is 106 Å². The van der Waals surface area contributed by atoms with Crippen LogP contribution in [0.4, 0.5) is 10.5 Å². The molecule has 1 unspecified atom stereocenters. The molecule has 1 atom stereocenters. The van der Waals surface area contributed by atoms with Crippen molar-refractivity contribution in [1.82, 2.24) is 4.90 Å². The van der Waals surface area contributed by atoms with Crippen LogP contribution in [-0.2, 0) is 9.53 Å². The number of carbonyl (C=O) groups excluding carboxylic acids is 2. The molecule has 0 saturated carbocycles. The molecule has 0 aliphatic carbocycles. The number of likely N-dealkylation sites (N-methyl/N-ethyl adjacent to an activating group) is 1. The van der Waals surface area contributed by atoms with Gasteiger partial charge in [0.25, 0.3) is 5.91 Å². The van der Waals surface area contributed by atoms with Crippen molar-refractivity contribution < 1.29 is 14.3 Å². The van der Waals surface area contributed by atoms with Gasteiger partial charge in [0, 0.05) is 12.7 Å². The Morgan fingerprint density at radius 1 is 1.39 bits per heavy atom. The number of benzene rings is 1. The summed E-state index contributed by atoms with van der Waals surface area (Å²) in [6, 6.07) is 5.15. The highest BCUT2D eigenvalue weighted by molar-refractivity contribution is 5.97. The third-order valence-electron chi connectivity index (χ3n) is 3.20. The lowest BCUT2D eigenvalue weighted by Crippen LogP contribution is -2.40. The van der Waals surface area contributed by atoms with E-state index in [1.807, 2.05) is 32.0 Å². The second-order valence-corrected chi connectivity index (χ2v) is 4.49. The lowest BCUT2D eigenvalue weighted by Gasteiger charge is -2.16. The van der Waals surface area contributed by atoms with Crippen LogP contribution in [0.1, 0.15) is 11.1 Å². The topological polar surface area (TPSA) is 58.6 Å². The molecule has 1 aliphatic heterocycles. The van der Waals surface area contributed by atoms with Crippen molar-refractivity contribution in [2.75, 3.05) is 19.0 Å². The Hall–Kier alpha value is -2.04. The highest BCUT2D eigenvalue weighted by Gasteiger charge is 2.35. The summed E-state index contributed by atoms with van der Waals surface area (Å²) in [5.41, 5.74) is 3.01. The quantitative estimate of drug-likeness (QED) is 0.866. The van der Waals surface area contributed by atoms with Crippen molar-refractivity contribution in [3.05, 3.63) is 29.3 Å². The molecule has 1 aromatic carbocycles. The number of ether oxygens (including phenoxy) is 1. The highest BCUT2D eigenvalue weighted by atomic mass is 16.6. The summed E-state index contributed by atoms with van der Waals surface area (Å²) in [6.07, 6.45) is -0.463. The fraction of sp³-hybridized carbons (Fsp3) is 0.385. The number of nitrogens with one attached hydrogen (secondary N) is 1. The molecule has 0 spiro atoms. The minimum atomic E-state index is -0.556. The van der Waals surface area contributed by atoms with Gasteiger partial charge < -0.3 is 10.1 Å². The van der Waals surface area contributed by atoms with E-state index in [2.05, 4.69) is 5.32 Å². The maximum atomic E-state index is 12.0. The molecule has 96 valence electrons. The smallest absolute Gasteiger partial charge is 0.410 e. The van der Waals surface area contributed by atoms with Crippen molar-refractivity contribution in [2.45, 2.75) is 19.9 Å². The summed E-state index contributed by atoms with van der Waals surface area (Å²) in [5.74, 6) is -0.230. The van der Waals surface area contributed by atoms with Crippen LogP contribution < -0.4 is 5.32 Å². The van der Waals surface area contributed by atoms with Gasteiger partial charge >= 0.3 is 6.09 Å². The molecule has 1 N–H and O–H groups in total. The van der Waals surface area contributed by atoms with E-state index in [9.17, 15) is 9.59 Å². The van der Waals surface area contributed by atoms with Crippen LogP contribution in [0.2, 0.25) is 0 Å². The predicted molar refractivity (Wildman–Crippen MR) is 67.4 cm³/mol. The number of hydrogen-bond donors (Lipinski definition) is 1. The van der Waals surface area contributed by atoms with Gasteiger partial charge in [0.2, 0.25) is 0 Å². The van der Waals surface area contributed by atoms with Crippen LogP contribution in [0.15, 0.2) is 18.2 Å². The second kappa shape index (κ2) is 4.68. The largest absolute Gasteiger partial charge is 0.447 e. The van der Waals surface area contributed by atoms with E-state index in [0.29, 0.717) is 0 Å². The first-order valence-corrected chi connectivity index (χ1v) is 5.77. The molecule has 0 radical (unpaired) electrons. The second-order valence-electron chi connectivity index (χ2n) is 4.49. The van der Waals surface area contributed by atoms with E-state index in [0.717, 1.165) is 11.3 Å². The summed E-state index contributed by atoms with van der Waals surface area (Å²) in [4.78, 5) is 24.4. The molecule has 1 heterocycles. The molecule has 5 heteroatoms. The van der Waals surface area contributed by atoms with Crippen LogP contribution in [-0.4, -0.2) is 36.6 Å². The van der Waals surface area contributed by atoms with Crippen molar-refractivity contribution in [3.63, 3.8) is 0 Å². The summed E-state index contributed by atoms with van der Waals surface area (Å²) in [6.45, 7) is 4.10. The minimum absolute atomic E-state index is 0.103. The van der Waals surface area contributed by atoms with Crippen molar-refractivity contribution in [3.8, 4) is 0 Å². The van der Waals surface area contributed by atoms with Gasteiger partial charge in [-0.3, -0.25) is 9.69 Å². The molecule has 1 aromatic rings. The highest BCUT2D eigenvalue weighted by Crippen LogP contribution is 2.16. The monoisotopic (exact) mass is 248 g/mol. The minimum Gasteiger partial charge on any atom is -0.447 e. The van der Waals surface area contributed by atoms with Gasteiger partial charge in [-0.25, -0.2) is 4.79 Å². The summed E-state index contributed by atoms with van der Waals surface area (Å²) in [7, 11) is 1.56. The number of carbonyl (C=O) groups is 2. The number of anilines is 1. The molecule has 0 aromatic heterocycles. The first-order chi connectivity index (χ1) is 8.49. The Morgan fingerprint density at radius 2 is 2.11 bits per heavy atom. The summed E-state index contributed by atoms with van der Waals surface area (Å²) < 4.78 is 4.81. The standard InChI is InChI=1S/C13H16N2O3/c1-8-4-5-10(6-9(8)2)14-12(16)11-7-18-13(17)15(11)3/h4-6,11H,7H2,1-3H3,(H,14,16). The van der Waals surface area contributed by atoms with Crippen molar-refractivity contribution in [2.24, 2.45) is 0 Å². The first kappa shape index (κ1) is 12.4. The fourth-order valence-corrected chi connectivity index (χ4v) is 1.79. The zero-order valence-electron chi connectivity index (χ0n) is 10.7. The third kappa shape index (κ3) is 2.30. The van der Waals surface area contributed by atoms with Gasteiger partial charge in [-0.2, -0.15) is 0 Å². The number of hydrogen-bond acceptors (Lipinski definition) is 3. The molecule has 2 rings (SSSR count). The maximum absolute atomic E-state index is 12.0. The molecule has 18 heavy (non-hydrogen) atoms. The Kier molecular flexibility index (Phi) is 3.23. The molecular formula is C13H16N2O3. The predicted octanol–water partition coefficient (Wildman–Crippen LogP) is 1.69. The Bertz CT molecular complexity index is 499. The van der Waals surface area contributed by atoms with Gasteiger partial charge in [0.05, 0.1) is 0 Å². The zero-order chi connectivity index (χ0) is 13.3. The third-order valence-corrected chi connectivity index (χ3v) is 3.20. The Balaban J connectivity index is 2.07. The molecule has 0 bridgehead atoms. The van der Waals surface area contributed by atoms with Crippen LogP contribution >= 0.6 is 0 Å². The van der Waals surface area contributed by atoms with Crippen LogP contribution in [0.5, 0.6) is 0 Å². The van der Waals surface area contributed by atoms with Gasteiger partial charge in [-0.1, -0.05) is 6.07 Å². The van der Waals surface area contributed by atoms with Crippen molar-refractivity contribution >= 4 is 17.7 Å². The molecule has 1 saturated heterocycles. The maximum Gasteiger partial charge on any atom is 0.410 e. The van der Waals surface area contributed by atoms with Gasteiger partial charge in [0.15, 0.2) is 0 Å². The number of aryl methyl sites for hydroxylation is 2. The fourth-order valence-electron chi connectivity index (χ4n) is 1.79. The molecule has 5 nitrogen and oxygen atoms in total. The van der Waals surface area contributed by atoms with Crippen LogP contribution in [0, 0.1) is 13.8 Å². The van der Waals surface area contributed by atoms with Crippen LogP contribution in [0.25, 0.3) is 0 Å². The van der Waals surface area contributed by atoms with E-state index in [1.165, 1.54) is 10.5 Å². The SMILES string of the molecule is Cc1ccc(NC(=O)C2COC(=O)N2C)cc1C. The first-order valence-electron chi connectivity index (χ1n) is 5.77. The lowest BCUT2D eigenvalue weighted by atomic mass is 10.1. The number of rotatable bonds is 2. The lowest BCUT2D eigenvalue weighted by molar-refractivity contribution is -0.119. The van der Waals surface area contributed by atoms with E-state index in [-0.39, 0.29) is 12.5 Å². The van der Waals surface area contributed by atoms with Gasteiger partial charge in [-0.15, -0.1) is 0 Å². The summed E-state index contributed by atoms with van der Waals surface area (Å²) >= 11 is 0. The number of amides is 2. The van der Waals surface area contributed by atoms with Crippen molar-refractivity contribution in [1.29, 1.82) is 0 Å². The van der Waals surface area contributed by atoms with E-state index >= 15 is 0 Å². The average molecular weight is 248 g/mol. The van der Waals surface area contributed by atoms with Gasteiger partial charge in [-0.05, 0) is 37.1 Å². The molecule has 1 aliphatic rings.